The molecule has 2 aromatic rings. The summed E-state index contributed by atoms with van der Waals surface area (Å²) in [6, 6.07) is 6.90. The predicted molar refractivity (Wildman–Crippen MR) is 106 cm³/mol. The lowest BCUT2D eigenvalue weighted by Crippen LogP contribution is -2.46. The van der Waals surface area contributed by atoms with E-state index in [-0.39, 0.29) is 17.6 Å². The Morgan fingerprint density at radius 2 is 1.79 bits per heavy atom. The fraction of sp³-hybridized carbons (Fsp3) is 0.526. The van der Waals surface area contributed by atoms with Crippen LogP contribution in [0.3, 0.4) is 0 Å². The van der Waals surface area contributed by atoms with Crippen LogP contribution in [0.15, 0.2) is 41.5 Å². The number of nitrogens with one attached hydrogen (secondary N) is 1. The highest BCUT2D eigenvalue weighted by Crippen LogP contribution is 2.28. The topological polar surface area (TPSA) is 97.2 Å². The van der Waals surface area contributed by atoms with Gasteiger partial charge >= 0.3 is 0 Å². The maximum Gasteiger partial charge on any atom is 0.279 e. The van der Waals surface area contributed by atoms with Crippen LogP contribution in [0.4, 0.5) is 0 Å². The van der Waals surface area contributed by atoms with Crippen molar-refractivity contribution in [3.63, 3.8) is 0 Å². The van der Waals surface area contributed by atoms with Crippen LogP contribution in [0.2, 0.25) is 0 Å². The van der Waals surface area contributed by atoms with Crippen molar-refractivity contribution in [3.05, 3.63) is 47.0 Å². The third-order valence-electron chi connectivity index (χ3n) is 5.55. The molecule has 9 heteroatoms. The van der Waals surface area contributed by atoms with Crippen LogP contribution in [0.5, 0.6) is 0 Å². The van der Waals surface area contributed by atoms with Gasteiger partial charge in [0, 0.05) is 43.2 Å². The molecule has 0 amide bonds. The van der Waals surface area contributed by atoms with Crippen molar-refractivity contribution >= 4 is 10.2 Å². The molecular weight excluding hydrogens is 378 g/mol. The Kier molecular flexibility index (Phi) is 5.56. The Balaban J connectivity index is 1.43. The smallest absolute Gasteiger partial charge is 0.268 e. The summed E-state index contributed by atoms with van der Waals surface area (Å²) in [4.78, 5) is 16.5. The number of rotatable bonds is 5. The normalized spacial score (nSPS) is 23.7. The molecule has 0 bridgehead atoms. The minimum Gasteiger partial charge on any atom is -0.268 e. The van der Waals surface area contributed by atoms with Gasteiger partial charge in [-0.15, -0.1) is 0 Å². The Morgan fingerprint density at radius 1 is 1.04 bits per heavy atom. The van der Waals surface area contributed by atoms with Crippen LogP contribution in [-0.2, 0) is 10.2 Å². The highest BCUT2D eigenvalue weighted by Gasteiger charge is 2.31. The summed E-state index contributed by atoms with van der Waals surface area (Å²) in [7, 11) is -3.40. The summed E-state index contributed by atoms with van der Waals surface area (Å²) in [5.74, 6) is 0. The molecule has 2 aromatic heterocycles. The van der Waals surface area contributed by atoms with Gasteiger partial charge in [-0.25, -0.2) is 4.68 Å². The van der Waals surface area contributed by atoms with Crippen molar-refractivity contribution in [1.82, 2.24) is 23.8 Å². The van der Waals surface area contributed by atoms with Crippen molar-refractivity contribution in [2.75, 3.05) is 13.1 Å². The van der Waals surface area contributed by atoms with Gasteiger partial charge in [-0.2, -0.15) is 22.5 Å². The first-order chi connectivity index (χ1) is 13.5. The average Bonchev–Trinajstić information content (AvgIpc) is 3.26. The molecule has 8 nitrogen and oxygen atoms in total. The van der Waals surface area contributed by atoms with Gasteiger partial charge in [0.25, 0.3) is 15.8 Å². The average molecular weight is 404 g/mol. The molecular formula is C19H25N5O3S. The second-order valence-electron chi connectivity index (χ2n) is 7.48. The van der Waals surface area contributed by atoms with E-state index in [9.17, 15) is 13.2 Å². The largest absolute Gasteiger partial charge is 0.279 e. The molecule has 1 aliphatic heterocycles. The van der Waals surface area contributed by atoms with E-state index in [0.29, 0.717) is 31.6 Å². The standard InChI is InChI=1S/C19H25N5O3S/c25-19-10-9-18(15-4-3-11-20-14-15)21-24(19)17-7-5-16(6-8-17)22-28(26,27)23-12-1-2-13-23/h3-4,9-11,14,16-17,22H,1-2,5-8,12-13H2. The summed E-state index contributed by atoms with van der Waals surface area (Å²) >= 11 is 0. The van der Waals surface area contributed by atoms with E-state index < -0.39 is 10.2 Å². The molecule has 2 fully saturated rings. The highest BCUT2D eigenvalue weighted by molar-refractivity contribution is 7.87. The fourth-order valence-corrected chi connectivity index (χ4v) is 5.55. The third-order valence-corrected chi connectivity index (χ3v) is 7.22. The van der Waals surface area contributed by atoms with E-state index in [0.717, 1.165) is 31.2 Å². The van der Waals surface area contributed by atoms with Gasteiger partial charge in [0.2, 0.25) is 0 Å². The van der Waals surface area contributed by atoms with Gasteiger partial charge in [0.15, 0.2) is 0 Å². The predicted octanol–water partition coefficient (Wildman–Crippen LogP) is 1.72. The van der Waals surface area contributed by atoms with Gasteiger partial charge in [0.05, 0.1) is 11.7 Å². The molecule has 0 radical (unpaired) electrons. The van der Waals surface area contributed by atoms with Crippen molar-refractivity contribution in [2.24, 2.45) is 0 Å². The zero-order chi connectivity index (χ0) is 19.6. The summed E-state index contributed by atoms with van der Waals surface area (Å²) in [5.41, 5.74) is 1.45. The highest BCUT2D eigenvalue weighted by atomic mass is 32.2. The Morgan fingerprint density at radius 3 is 2.46 bits per heavy atom. The molecule has 0 spiro atoms. The first-order valence-corrected chi connectivity index (χ1v) is 11.2. The van der Waals surface area contributed by atoms with E-state index in [1.54, 1.807) is 23.1 Å². The molecule has 1 saturated carbocycles. The van der Waals surface area contributed by atoms with Gasteiger partial charge in [-0.1, -0.05) is 0 Å². The summed E-state index contributed by atoms with van der Waals surface area (Å²) in [5, 5.41) is 4.55. The van der Waals surface area contributed by atoms with Crippen LogP contribution < -0.4 is 10.3 Å². The second-order valence-corrected chi connectivity index (χ2v) is 9.18. The zero-order valence-corrected chi connectivity index (χ0v) is 16.5. The molecule has 2 aliphatic rings. The second kappa shape index (κ2) is 8.10. The first kappa shape index (κ1) is 19.2. The van der Waals surface area contributed by atoms with E-state index in [2.05, 4.69) is 14.8 Å². The maximum absolute atomic E-state index is 12.4. The van der Waals surface area contributed by atoms with Gasteiger partial charge < -0.3 is 0 Å². The number of hydrogen-bond acceptors (Lipinski definition) is 5. The summed E-state index contributed by atoms with van der Waals surface area (Å²) < 4.78 is 30.8. The van der Waals surface area contributed by atoms with E-state index in [4.69, 9.17) is 0 Å². The SMILES string of the molecule is O=c1ccc(-c2cccnc2)nn1C1CCC(NS(=O)(=O)N2CCCC2)CC1. The molecule has 0 unspecified atom stereocenters. The van der Waals surface area contributed by atoms with Crippen LogP contribution in [-0.4, -0.2) is 46.6 Å². The first-order valence-electron chi connectivity index (χ1n) is 9.80. The fourth-order valence-electron chi connectivity index (χ4n) is 4.01. The number of pyridine rings is 1. The van der Waals surface area contributed by atoms with Crippen LogP contribution >= 0.6 is 0 Å². The number of aromatic nitrogens is 3. The molecule has 1 N–H and O–H groups in total. The molecule has 28 heavy (non-hydrogen) atoms. The lowest BCUT2D eigenvalue weighted by Gasteiger charge is -2.30. The molecule has 4 rings (SSSR count). The van der Waals surface area contributed by atoms with Crippen molar-refractivity contribution in [3.8, 4) is 11.3 Å². The van der Waals surface area contributed by atoms with Crippen molar-refractivity contribution in [2.45, 2.75) is 50.6 Å². The Hall–Kier alpha value is -2.10. The molecule has 1 aliphatic carbocycles. The van der Waals surface area contributed by atoms with Gasteiger partial charge in [-0.3, -0.25) is 9.78 Å². The Labute approximate surface area is 164 Å². The number of nitrogens with zero attached hydrogens (tertiary/aromatic N) is 4. The molecule has 0 atom stereocenters. The van der Waals surface area contributed by atoms with Crippen LogP contribution in [0, 0.1) is 0 Å². The monoisotopic (exact) mass is 403 g/mol. The van der Waals surface area contributed by atoms with E-state index >= 15 is 0 Å². The van der Waals surface area contributed by atoms with E-state index in [1.165, 1.54) is 10.4 Å². The van der Waals surface area contributed by atoms with E-state index in [1.807, 2.05) is 12.1 Å². The third kappa shape index (κ3) is 4.16. The lowest BCUT2D eigenvalue weighted by molar-refractivity contribution is 0.283. The van der Waals surface area contributed by atoms with Crippen LogP contribution in [0.25, 0.3) is 11.3 Å². The molecule has 150 valence electrons. The Bertz CT molecular complexity index is 963. The quantitative estimate of drug-likeness (QED) is 0.820. The molecule has 3 heterocycles. The maximum atomic E-state index is 12.4. The number of hydrogen-bond donors (Lipinski definition) is 1. The zero-order valence-electron chi connectivity index (χ0n) is 15.7. The minimum absolute atomic E-state index is 0.0170. The molecule has 1 saturated heterocycles. The van der Waals surface area contributed by atoms with Crippen molar-refractivity contribution in [1.29, 1.82) is 0 Å². The van der Waals surface area contributed by atoms with Crippen LogP contribution in [0.1, 0.15) is 44.6 Å². The van der Waals surface area contributed by atoms with Crippen molar-refractivity contribution < 1.29 is 8.42 Å². The minimum atomic E-state index is -3.40. The lowest BCUT2D eigenvalue weighted by atomic mass is 9.92. The molecule has 0 aromatic carbocycles. The summed E-state index contributed by atoms with van der Waals surface area (Å²) in [6.07, 6.45) is 8.11. The summed E-state index contributed by atoms with van der Waals surface area (Å²) in [6.45, 7) is 1.20. The van der Waals surface area contributed by atoms with Gasteiger partial charge in [0.1, 0.15) is 0 Å². The van der Waals surface area contributed by atoms with Gasteiger partial charge in [-0.05, 0) is 56.7 Å².